The highest BCUT2D eigenvalue weighted by Gasteiger charge is 2.13. The Morgan fingerprint density at radius 1 is 1.43 bits per heavy atom. The van der Waals surface area contributed by atoms with Gasteiger partial charge >= 0.3 is 0 Å². The maximum atomic E-state index is 10.9. The van der Waals surface area contributed by atoms with Crippen LogP contribution in [0.2, 0.25) is 0 Å². The van der Waals surface area contributed by atoms with E-state index in [-0.39, 0.29) is 11.5 Å². The number of hydrazine groups is 1. The normalized spacial score (nSPS) is 10.2. The quantitative estimate of drug-likeness (QED) is 0.469. The van der Waals surface area contributed by atoms with Crippen molar-refractivity contribution in [2.45, 2.75) is 6.42 Å². The van der Waals surface area contributed by atoms with Crippen LogP contribution in [0, 0.1) is 10.1 Å². The summed E-state index contributed by atoms with van der Waals surface area (Å²) in [7, 11) is 1.81. The average molecular weight is 288 g/mol. The van der Waals surface area contributed by atoms with Gasteiger partial charge in [-0.25, -0.2) is 10.8 Å². The van der Waals surface area contributed by atoms with Crippen molar-refractivity contribution < 1.29 is 4.92 Å². The van der Waals surface area contributed by atoms with Gasteiger partial charge in [-0.05, 0) is 12.1 Å². The number of hydrogen-bond donors (Lipinski definition) is 2. The summed E-state index contributed by atoms with van der Waals surface area (Å²) in [6.45, 7) is 0.634. The number of nitro groups is 1. The molecule has 8 nitrogen and oxygen atoms in total. The number of hydrogen-bond acceptors (Lipinski definition) is 7. The molecule has 3 N–H and O–H groups in total. The van der Waals surface area contributed by atoms with E-state index < -0.39 is 4.92 Å². The first-order valence-corrected chi connectivity index (χ1v) is 6.34. The average Bonchev–Trinajstić information content (AvgIpc) is 2.53. The lowest BCUT2D eigenvalue weighted by atomic mass is 10.2. The van der Waals surface area contributed by atoms with E-state index in [9.17, 15) is 10.1 Å². The van der Waals surface area contributed by atoms with E-state index in [1.165, 1.54) is 12.1 Å². The van der Waals surface area contributed by atoms with E-state index in [0.717, 1.165) is 5.69 Å². The molecule has 0 radical (unpaired) electrons. The molecule has 2 rings (SSSR count). The molecule has 2 aromatic rings. The highest BCUT2D eigenvalue weighted by atomic mass is 16.6. The molecule has 110 valence electrons. The zero-order valence-electron chi connectivity index (χ0n) is 11.6. The van der Waals surface area contributed by atoms with Gasteiger partial charge in [0.1, 0.15) is 11.6 Å². The van der Waals surface area contributed by atoms with E-state index in [2.05, 4.69) is 15.4 Å². The van der Waals surface area contributed by atoms with Crippen LogP contribution in [0.5, 0.6) is 0 Å². The fourth-order valence-electron chi connectivity index (χ4n) is 1.82. The van der Waals surface area contributed by atoms with E-state index in [4.69, 9.17) is 5.84 Å². The van der Waals surface area contributed by atoms with E-state index in [1.807, 2.05) is 30.1 Å². The Hall–Kier alpha value is -2.74. The van der Waals surface area contributed by atoms with Gasteiger partial charge in [0.05, 0.1) is 17.1 Å². The predicted molar refractivity (Wildman–Crippen MR) is 79.9 cm³/mol. The molecule has 0 atom stereocenters. The third kappa shape index (κ3) is 3.86. The number of likely N-dealkylation sites (N-methyl/N-ethyl adjacent to an activating group) is 1. The van der Waals surface area contributed by atoms with Crippen molar-refractivity contribution in [3.63, 3.8) is 0 Å². The predicted octanol–water partition coefficient (Wildman–Crippen LogP) is 1.35. The molecule has 2 aromatic heterocycles. The van der Waals surface area contributed by atoms with Crippen LogP contribution in [0.4, 0.5) is 17.3 Å². The molecule has 2 heterocycles. The van der Waals surface area contributed by atoms with E-state index in [1.54, 1.807) is 6.20 Å². The molecule has 0 aliphatic heterocycles. The van der Waals surface area contributed by atoms with Gasteiger partial charge in [-0.2, -0.15) is 0 Å². The third-order valence-electron chi connectivity index (χ3n) is 2.98. The second-order valence-electron chi connectivity index (χ2n) is 4.46. The fourth-order valence-corrected chi connectivity index (χ4v) is 1.82. The van der Waals surface area contributed by atoms with Crippen LogP contribution < -0.4 is 16.2 Å². The monoisotopic (exact) mass is 288 g/mol. The van der Waals surface area contributed by atoms with Crippen molar-refractivity contribution in [2.24, 2.45) is 5.84 Å². The minimum Gasteiger partial charge on any atom is -0.359 e. The Balaban J connectivity index is 2.12. The highest BCUT2D eigenvalue weighted by molar-refractivity contribution is 5.55. The van der Waals surface area contributed by atoms with Gasteiger partial charge in [0, 0.05) is 31.9 Å². The first-order chi connectivity index (χ1) is 10.1. The summed E-state index contributed by atoms with van der Waals surface area (Å²) in [6, 6.07) is 8.41. The van der Waals surface area contributed by atoms with Crippen molar-refractivity contribution in [1.82, 2.24) is 9.97 Å². The second kappa shape index (κ2) is 6.62. The lowest BCUT2D eigenvalue weighted by Crippen LogP contribution is -2.22. The molecule has 0 bridgehead atoms. The number of pyridine rings is 2. The van der Waals surface area contributed by atoms with Gasteiger partial charge in [0.25, 0.3) is 5.69 Å². The fraction of sp³-hybridized carbons (Fsp3) is 0.231. The Kier molecular flexibility index (Phi) is 4.62. The summed E-state index contributed by atoms with van der Waals surface area (Å²) in [5, 5.41) is 10.9. The Bertz CT molecular complexity index is 619. The minimum atomic E-state index is -0.474. The Labute approximate surface area is 121 Å². The zero-order chi connectivity index (χ0) is 15.2. The van der Waals surface area contributed by atoms with Gasteiger partial charge in [-0.3, -0.25) is 15.1 Å². The molecular formula is C13H16N6O2. The molecule has 0 aliphatic rings. The summed E-state index contributed by atoms with van der Waals surface area (Å²) >= 11 is 0. The van der Waals surface area contributed by atoms with Crippen LogP contribution >= 0.6 is 0 Å². The number of nitrogen functional groups attached to an aromatic ring is 1. The maximum absolute atomic E-state index is 10.9. The molecule has 21 heavy (non-hydrogen) atoms. The second-order valence-corrected chi connectivity index (χ2v) is 4.46. The van der Waals surface area contributed by atoms with Crippen LogP contribution in [0.15, 0.2) is 36.5 Å². The van der Waals surface area contributed by atoms with Gasteiger partial charge in [-0.1, -0.05) is 6.07 Å². The number of nitrogens with zero attached hydrogens (tertiary/aromatic N) is 4. The first-order valence-electron chi connectivity index (χ1n) is 6.34. The van der Waals surface area contributed by atoms with Crippen LogP contribution in [0.1, 0.15) is 5.69 Å². The molecule has 0 aliphatic carbocycles. The highest BCUT2D eigenvalue weighted by Crippen LogP contribution is 2.22. The molecular weight excluding hydrogens is 272 g/mol. The van der Waals surface area contributed by atoms with E-state index >= 15 is 0 Å². The summed E-state index contributed by atoms with van der Waals surface area (Å²) < 4.78 is 0. The number of anilines is 2. The largest absolute Gasteiger partial charge is 0.359 e. The first kappa shape index (κ1) is 14.7. The van der Waals surface area contributed by atoms with Crippen molar-refractivity contribution in [2.75, 3.05) is 23.9 Å². The van der Waals surface area contributed by atoms with E-state index in [0.29, 0.717) is 18.8 Å². The van der Waals surface area contributed by atoms with Crippen molar-refractivity contribution in [3.8, 4) is 0 Å². The smallest absolute Gasteiger partial charge is 0.276 e. The molecule has 8 heteroatoms. The Morgan fingerprint density at radius 3 is 2.86 bits per heavy atom. The standard InChI is InChI=1S/C13H16N6O2/c1-18(7-5-10-4-2-3-6-15-10)13-9-11(19(20)21)8-12(16-13)17-14/h2-4,6,8-9H,5,7,14H2,1H3,(H,16,17). The SMILES string of the molecule is CN(CCc1ccccn1)c1cc([N+](=O)[O-])cc(NN)n1. The van der Waals surface area contributed by atoms with Crippen molar-refractivity contribution >= 4 is 17.3 Å². The van der Waals surface area contributed by atoms with Gasteiger partial charge in [0.15, 0.2) is 0 Å². The number of nitrogens with one attached hydrogen (secondary N) is 1. The van der Waals surface area contributed by atoms with Crippen LogP contribution in [-0.4, -0.2) is 28.5 Å². The molecule has 0 aromatic carbocycles. The summed E-state index contributed by atoms with van der Waals surface area (Å²) in [4.78, 5) is 20.7. The van der Waals surface area contributed by atoms with Crippen LogP contribution in [-0.2, 0) is 6.42 Å². The van der Waals surface area contributed by atoms with Crippen molar-refractivity contribution in [1.29, 1.82) is 0 Å². The zero-order valence-corrected chi connectivity index (χ0v) is 11.6. The molecule has 0 spiro atoms. The summed E-state index contributed by atoms with van der Waals surface area (Å²) in [6.07, 6.45) is 2.45. The van der Waals surface area contributed by atoms with Crippen LogP contribution in [0.3, 0.4) is 0 Å². The van der Waals surface area contributed by atoms with Gasteiger partial charge in [0.2, 0.25) is 0 Å². The third-order valence-corrected chi connectivity index (χ3v) is 2.98. The van der Waals surface area contributed by atoms with Gasteiger partial charge in [-0.15, -0.1) is 0 Å². The number of aromatic nitrogens is 2. The molecule has 0 saturated carbocycles. The topological polar surface area (TPSA) is 110 Å². The van der Waals surface area contributed by atoms with Crippen molar-refractivity contribution in [3.05, 3.63) is 52.3 Å². The number of rotatable bonds is 6. The van der Waals surface area contributed by atoms with Gasteiger partial charge < -0.3 is 10.3 Å². The summed E-state index contributed by atoms with van der Waals surface area (Å²) in [5.41, 5.74) is 3.23. The maximum Gasteiger partial charge on any atom is 0.276 e. The molecule has 0 unspecified atom stereocenters. The number of nitrogens with two attached hydrogens (primary N) is 1. The molecule has 0 amide bonds. The lowest BCUT2D eigenvalue weighted by molar-refractivity contribution is -0.384. The molecule has 0 saturated heterocycles. The minimum absolute atomic E-state index is 0.0577. The summed E-state index contributed by atoms with van der Waals surface area (Å²) in [5.74, 6) is 6.02. The molecule has 0 fully saturated rings. The Morgan fingerprint density at radius 2 is 2.24 bits per heavy atom. The van der Waals surface area contributed by atoms with Crippen LogP contribution in [0.25, 0.3) is 0 Å². The lowest BCUT2D eigenvalue weighted by Gasteiger charge is -2.18.